The summed E-state index contributed by atoms with van der Waals surface area (Å²) in [4.78, 5) is 4.06. The van der Waals surface area contributed by atoms with Crippen LogP contribution in [-0.4, -0.2) is 30.1 Å². The van der Waals surface area contributed by atoms with E-state index in [1.807, 2.05) is 32.0 Å². The maximum atomic E-state index is 5.60. The SMILES string of the molecule is CC1(C)OCC(COc2ccccn2)O1. The van der Waals surface area contributed by atoms with Crippen molar-refractivity contribution in [2.45, 2.75) is 25.7 Å². The van der Waals surface area contributed by atoms with E-state index in [-0.39, 0.29) is 6.10 Å². The number of aromatic nitrogens is 1. The van der Waals surface area contributed by atoms with Gasteiger partial charge in [-0.15, -0.1) is 0 Å². The lowest BCUT2D eigenvalue weighted by Crippen LogP contribution is -2.25. The average Bonchev–Trinajstić information content (AvgIpc) is 2.57. The molecule has 4 heteroatoms. The molecule has 0 amide bonds. The Kier molecular flexibility index (Phi) is 2.88. The van der Waals surface area contributed by atoms with E-state index in [0.29, 0.717) is 19.1 Å². The van der Waals surface area contributed by atoms with Crippen molar-refractivity contribution in [3.05, 3.63) is 24.4 Å². The van der Waals surface area contributed by atoms with Crippen molar-refractivity contribution in [2.24, 2.45) is 0 Å². The molecule has 0 aromatic carbocycles. The maximum absolute atomic E-state index is 5.60. The van der Waals surface area contributed by atoms with Crippen LogP contribution in [0.3, 0.4) is 0 Å². The van der Waals surface area contributed by atoms with Crippen molar-refractivity contribution in [2.75, 3.05) is 13.2 Å². The van der Waals surface area contributed by atoms with Gasteiger partial charge in [0.15, 0.2) is 5.79 Å². The monoisotopic (exact) mass is 209 g/mol. The molecule has 4 nitrogen and oxygen atoms in total. The van der Waals surface area contributed by atoms with E-state index in [4.69, 9.17) is 14.2 Å². The van der Waals surface area contributed by atoms with Gasteiger partial charge in [0.05, 0.1) is 6.61 Å². The van der Waals surface area contributed by atoms with Gasteiger partial charge in [0.25, 0.3) is 0 Å². The molecule has 82 valence electrons. The summed E-state index contributed by atoms with van der Waals surface area (Å²) >= 11 is 0. The molecule has 1 aromatic rings. The van der Waals surface area contributed by atoms with Gasteiger partial charge in [-0.2, -0.15) is 0 Å². The molecule has 1 atom stereocenters. The Bertz CT molecular complexity index is 313. The highest BCUT2D eigenvalue weighted by Crippen LogP contribution is 2.22. The molecule has 0 radical (unpaired) electrons. The van der Waals surface area contributed by atoms with E-state index in [0.717, 1.165) is 0 Å². The molecule has 2 rings (SSSR count). The van der Waals surface area contributed by atoms with E-state index in [1.165, 1.54) is 0 Å². The minimum absolute atomic E-state index is 0.0120. The summed E-state index contributed by atoms with van der Waals surface area (Å²) in [5, 5.41) is 0. The number of pyridine rings is 1. The van der Waals surface area contributed by atoms with E-state index in [9.17, 15) is 0 Å². The van der Waals surface area contributed by atoms with Crippen LogP contribution >= 0.6 is 0 Å². The minimum atomic E-state index is -0.488. The number of ether oxygens (including phenoxy) is 3. The van der Waals surface area contributed by atoms with Gasteiger partial charge in [0, 0.05) is 12.3 Å². The van der Waals surface area contributed by atoms with Gasteiger partial charge in [0.2, 0.25) is 5.88 Å². The Hall–Kier alpha value is -1.13. The molecular formula is C11H15NO3. The van der Waals surface area contributed by atoms with Crippen molar-refractivity contribution < 1.29 is 14.2 Å². The Labute approximate surface area is 89.2 Å². The lowest BCUT2D eigenvalue weighted by atomic mass is 10.4. The van der Waals surface area contributed by atoms with Crippen LogP contribution in [0.1, 0.15) is 13.8 Å². The molecule has 1 aliphatic rings. The topological polar surface area (TPSA) is 40.6 Å². The molecule has 1 unspecified atom stereocenters. The largest absolute Gasteiger partial charge is 0.475 e. The Morgan fingerprint density at radius 1 is 1.53 bits per heavy atom. The third kappa shape index (κ3) is 2.91. The van der Waals surface area contributed by atoms with Crippen molar-refractivity contribution in [1.82, 2.24) is 4.98 Å². The summed E-state index contributed by atoms with van der Waals surface area (Å²) in [7, 11) is 0. The fourth-order valence-corrected chi connectivity index (χ4v) is 1.46. The molecule has 0 N–H and O–H groups in total. The van der Waals surface area contributed by atoms with Gasteiger partial charge in [-0.05, 0) is 19.9 Å². The van der Waals surface area contributed by atoms with Gasteiger partial charge >= 0.3 is 0 Å². The van der Waals surface area contributed by atoms with Crippen LogP contribution < -0.4 is 4.74 Å². The average molecular weight is 209 g/mol. The highest BCUT2D eigenvalue weighted by atomic mass is 16.7. The lowest BCUT2D eigenvalue weighted by molar-refractivity contribution is -0.141. The zero-order valence-electron chi connectivity index (χ0n) is 8.97. The predicted molar refractivity (Wildman–Crippen MR) is 54.6 cm³/mol. The predicted octanol–water partition coefficient (Wildman–Crippen LogP) is 1.61. The fourth-order valence-electron chi connectivity index (χ4n) is 1.46. The molecule has 1 fully saturated rings. The molecule has 0 aliphatic carbocycles. The first kappa shape index (κ1) is 10.4. The van der Waals surface area contributed by atoms with Crippen molar-refractivity contribution in [1.29, 1.82) is 0 Å². The van der Waals surface area contributed by atoms with Crippen LogP contribution in [0, 0.1) is 0 Å². The van der Waals surface area contributed by atoms with Crippen molar-refractivity contribution in [3.63, 3.8) is 0 Å². The van der Waals surface area contributed by atoms with Crippen molar-refractivity contribution >= 4 is 0 Å². The number of nitrogens with zero attached hydrogens (tertiary/aromatic N) is 1. The molecule has 1 aromatic heterocycles. The zero-order valence-corrected chi connectivity index (χ0v) is 8.97. The molecule has 15 heavy (non-hydrogen) atoms. The summed E-state index contributed by atoms with van der Waals surface area (Å²) < 4.78 is 16.5. The van der Waals surface area contributed by atoms with Crippen LogP contribution in [0.15, 0.2) is 24.4 Å². The third-order valence-electron chi connectivity index (χ3n) is 2.12. The minimum Gasteiger partial charge on any atom is -0.475 e. The van der Waals surface area contributed by atoms with E-state index in [2.05, 4.69) is 4.98 Å². The zero-order chi connectivity index (χ0) is 10.7. The normalized spacial score (nSPS) is 24.0. The Morgan fingerprint density at radius 2 is 2.40 bits per heavy atom. The highest BCUT2D eigenvalue weighted by Gasteiger charge is 2.32. The van der Waals surface area contributed by atoms with Crippen LogP contribution in [0.25, 0.3) is 0 Å². The van der Waals surface area contributed by atoms with E-state index >= 15 is 0 Å². The first-order valence-electron chi connectivity index (χ1n) is 5.01. The van der Waals surface area contributed by atoms with Gasteiger partial charge in [-0.1, -0.05) is 6.07 Å². The third-order valence-corrected chi connectivity index (χ3v) is 2.12. The summed E-state index contributed by atoms with van der Waals surface area (Å²) in [6.45, 7) is 4.84. The summed E-state index contributed by atoms with van der Waals surface area (Å²) in [6, 6.07) is 5.56. The van der Waals surface area contributed by atoms with Crippen molar-refractivity contribution in [3.8, 4) is 5.88 Å². The fraction of sp³-hybridized carbons (Fsp3) is 0.545. The molecule has 1 saturated heterocycles. The van der Waals surface area contributed by atoms with Crippen LogP contribution in [-0.2, 0) is 9.47 Å². The second-order valence-electron chi connectivity index (χ2n) is 3.93. The Morgan fingerprint density at radius 3 is 3.00 bits per heavy atom. The molecular weight excluding hydrogens is 194 g/mol. The lowest BCUT2D eigenvalue weighted by Gasteiger charge is -2.17. The first-order valence-corrected chi connectivity index (χ1v) is 5.01. The van der Waals surface area contributed by atoms with Gasteiger partial charge in [-0.3, -0.25) is 0 Å². The second kappa shape index (κ2) is 4.16. The summed E-state index contributed by atoms with van der Waals surface area (Å²) in [6.07, 6.45) is 1.69. The number of hydrogen-bond donors (Lipinski definition) is 0. The second-order valence-corrected chi connectivity index (χ2v) is 3.93. The van der Waals surface area contributed by atoms with Crippen LogP contribution in [0.5, 0.6) is 5.88 Å². The standard InChI is InChI=1S/C11H15NO3/c1-11(2)14-8-9(15-11)7-13-10-5-3-4-6-12-10/h3-6,9H,7-8H2,1-2H3. The maximum Gasteiger partial charge on any atom is 0.213 e. The van der Waals surface area contributed by atoms with E-state index < -0.39 is 5.79 Å². The van der Waals surface area contributed by atoms with Crippen LogP contribution in [0.4, 0.5) is 0 Å². The quantitative estimate of drug-likeness (QED) is 0.758. The first-order chi connectivity index (χ1) is 7.16. The molecule has 1 aliphatic heterocycles. The smallest absolute Gasteiger partial charge is 0.213 e. The van der Waals surface area contributed by atoms with Crippen LogP contribution in [0.2, 0.25) is 0 Å². The molecule has 0 saturated carbocycles. The molecule has 2 heterocycles. The summed E-state index contributed by atoms with van der Waals surface area (Å²) in [5.74, 6) is 0.129. The highest BCUT2D eigenvalue weighted by molar-refractivity contribution is 5.09. The summed E-state index contributed by atoms with van der Waals surface area (Å²) in [5.41, 5.74) is 0. The number of hydrogen-bond acceptors (Lipinski definition) is 4. The van der Waals surface area contributed by atoms with Gasteiger partial charge < -0.3 is 14.2 Å². The van der Waals surface area contributed by atoms with Gasteiger partial charge in [0.1, 0.15) is 12.7 Å². The van der Waals surface area contributed by atoms with Gasteiger partial charge in [-0.25, -0.2) is 4.98 Å². The number of rotatable bonds is 3. The molecule has 0 spiro atoms. The molecule has 0 bridgehead atoms. The van der Waals surface area contributed by atoms with E-state index in [1.54, 1.807) is 6.20 Å². The Balaban J connectivity index is 1.80.